The topological polar surface area (TPSA) is 22.8 Å². The van der Waals surface area contributed by atoms with Gasteiger partial charge in [0.1, 0.15) is 0 Å². The van der Waals surface area contributed by atoms with Crippen LogP contribution in [-0.2, 0) is 11.8 Å². The molecular weight excluding hydrogens is 859 g/mol. The zero-order valence-electron chi connectivity index (χ0n) is 38.8. The lowest BCUT2D eigenvalue weighted by Crippen LogP contribution is -2.25. The molecule has 71 heavy (non-hydrogen) atoms. The van der Waals surface area contributed by atoms with Gasteiger partial charge in [-0.1, -0.05) is 182 Å². The van der Waals surface area contributed by atoms with Crippen molar-refractivity contribution in [1.29, 1.82) is 0 Å². The molecule has 0 saturated heterocycles. The molecule has 0 N–H and O–H groups in total. The fourth-order valence-corrected chi connectivity index (χ4v) is 13.2. The monoisotopic (exact) mass is 901 g/mol. The van der Waals surface area contributed by atoms with Gasteiger partial charge in [-0.2, -0.15) is 0 Å². The standard InChI is InChI=1S/C68H43N3/c1-9-25-58-47(17-1)48-18-2-10-26-59(48)68(58)60-27-11-3-19-49(60)56-40-55-50-20-4-12-28-62(50)69-67(57(55)41-61(56)68)43-35-33-42(34-36-43)44-37-45(70-63-29-13-5-21-51(63)52-22-6-14-30-64(52)70)39-46(38-44)71-65-31-15-7-23-53(65)54-24-8-16-32-66(54)71/h1-11,13-27,29-41H,12,28H2. The quantitative estimate of drug-likeness (QED) is 0.173. The molecule has 0 amide bonds. The van der Waals surface area contributed by atoms with Gasteiger partial charge in [-0.3, -0.25) is 4.98 Å². The van der Waals surface area contributed by atoms with Gasteiger partial charge in [0, 0.05) is 55.1 Å². The summed E-state index contributed by atoms with van der Waals surface area (Å²) in [6, 6.07) is 83.9. The Morgan fingerprint density at radius 1 is 0.352 bits per heavy atom. The molecule has 16 rings (SSSR count). The minimum absolute atomic E-state index is 0.435. The van der Waals surface area contributed by atoms with Crippen molar-refractivity contribution in [2.45, 2.75) is 18.3 Å². The second-order valence-corrected chi connectivity index (χ2v) is 19.6. The Kier molecular flexibility index (Phi) is 7.93. The van der Waals surface area contributed by atoms with Crippen LogP contribution in [0.3, 0.4) is 0 Å². The Labute approximate surface area is 410 Å². The second-order valence-electron chi connectivity index (χ2n) is 19.6. The summed E-state index contributed by atoms with van der Waals surface area (Å²) in [5.74, 6) is 0. The summed E-state index contributed by atoms with van der Waals surface area (Å²) in [7, 11) is 0. The van der Waals surface area contributed by atoms with Crippen LogP contribution in [0.15, 0.2) is 231 Å². The van der Waals surface area contributed by atoms with E-state index in [1.54, 1.807) is 0 Å². The van der Waals surface area contributed by atoms with Gasteiger partial charge >= 0.3 is 0 Å². The number of hydrogen-bond donors (Lipinski definition) is 0. The number of rotatable bonds is 4. The number of fused-ring (bicyclic) bond motifs is 19. The van der Waals surface area contributed by atoms with Crippen LogP contribution >= 0.6 is 0 Å². The Balaban J connectivity index is 0.918. The molecule has 0 fully saturated rings. The summed E-state index contributed by atoms with van der Waals surface area (Å²) in [6.45, 7) is 0. The third kappa shape index (κ3) is 5.25. The minimum atomic E-state index is -0.435. The van der Waals surface area contributed by atoms with Crippen LogP contribution in [0.2, 0.25) is 0 Å². The fraction of sp³-hybridized carbons (Fsp3) is 0.0441. The number of aromatic nitrogens is 3. The molecule has 10 aromatic carbocycles. The van der Waals surface area contributed by atoms with E-state index in [-0.39, 0.29) is 0 Å². The Morgan fingerprint density at radius 2 is 0.803 bits per heavy atom. The molecule has 1 spiro atoms. The van der Waals surface area contributed by atoms with Crippen molar-refractivity contribution in [3.8, 4) is 56.0 Å². The highest BCUT2D eigenvalue weighted by Crippen LogP contribution is 2.63. The molecule has 0 bridgehead atoms. The smallest absolute Gasteiger partial charge is 0.0784 e. The normalized spacial score (nSPS) is 13.9. The largest absolute Gasteiger partial charge is 0.309 e. The Morgan fingerprint density at radius 3 is 1.32 bits per heavy atom. The summed E-state index contributed by atoms with van der Waals surface area (Å²) < 4.78 is 4.89. The van der Waals surface area contributed by atoms with Crippen LogP contribution in [0, 0.1) is 0 Å². The van der Waals surface area contributed by atoms with E-state index in [2.05, 4.69) is 246 Å². The van der Waals surface area contributed by atoms with Gasteiger partial charge < -0.3 is 9.13 Å². The maximum Gasteiger partial charge on any atom is 0.0784 e. The highest BCUT2D eigenvalue weighted by atomic mass is 15.0. The molecule has 330 valence electrons. The summed E-state index contributed by atoms with van der Waals surface area (Å²) in [4.78, 5) is 5.65. The van der Waals surface area contributed by atoms with E-state index in [1.807, 2.05) is 0 Å². The number of pyridine rings is 1. The van der Waals surface area contributed by atoms with E-state index in [9.17, 15) is 0 Å². The van der Waals surface area contributed by atoms with Crippen LogP contribution in [0.5, 0.6) is 0 Å². The zero-order chi connectivity index (χ0) is 46.4. The van der Waals surface area contributed by atoms with E-state index in [0.717, 1.165) is 46.6 Å². The van der Waals surface area contributed by atoms with Crippen LogP contribution in [0.25, 0.3) is 116 Å². The lowest BCUT2D eigenvalue weighted by molar-refractivity contribution is 0.795. The molecule has 3 heterocycles. The molecule has 3 heteroatoms. The lowest BCUT2D eigenvalue weighted by Gasteiger charge is -2.31. The number of allylic oxidation sites excluding steroid dienone is 1. The van der Waals surface area contributed by atoms with Crippen LogP contribution in [0.4, 0.5) is 0 Å². The molecular formula is C68H43N3. The Bertz CT molecular complexity index is 4180. The van der Waals surface area contributed by atoms with E-state index >= 15 is 0 Å². The summed E-state index contributed by atoms with van der Waals surface area (Å²) in [5.41, 5.74) is 24.1. The third-order valence-corrected chi connectivity index (χ3v) is 16.1. The van der Waals surface area contributed by atoms with Crippen molar-refractivity contribution < 1.29 is 0 Å². The number of nitrogens with zero attached hydrogens (tertiary/aromatic N) is 3. The van der Waals surface area contributed by atoms with Crippen LogP contribution in [0.1, 0.15) is 39.9 Å². The molecule has 0 saturated carbocycles. The highest BCUT2D eigenvalue weighted by molar-refractivity contribution is 6.11. The van der Waals surface area contributed by atoms with Gasteiger partial charge in [0.05, 0.1) is 33.2 Å². The van der Waals surface area contributed by atoms with E-state index in [1.165, 1.54) is 110 Å². The molecule has 3 aliphatic rings. The lowest BCUT2D eigenvalue weighted by atomic mass is 9.70. The van der Waals surface area contributed by atoms with Crippen LogP contribution < -0.4 is 0 Å². The minimum Gasteiger partial charge on any atom is -0.309 e. The Hall–Kier alpha value is -9.05. The van der Waals surface area contributed by atoms with Crippen molar-refractivity contribution in [2.24, 2.45) is 0 Å². The van der Waals surface area contributed by atoms with Crippen molar-refractivity contribution in [3.63, 3.8) is 0 Å². The van der Waals surface area contributed by atoms with Gasteiger partial charge in [0.15, 0.2) is 0 Å². The fourth-order valence-electron chi connectivity index (χ4n) is 13.2. The summed E-state index contributed by atoms with van der Waals surface area (Å²) in [5, 5.41) is 7.45. The summed E-state index contributed by atoms with van der Waals surface area (Å²) >= 11 is 0. The molecule has 3 aromatic heterocycles. The predicted octanol–water partition coefficient (Wildman–Crippen LogP) is 17.1. The first-order chi connectivity index (χ1) is 35.2. The molecule has 0 atom stereocenters. The first kappa shape index (κ1) is 38.9. The van der Waals surface area contributed by atoms with Gasteiger partial charge in [0.2, 0.25) is 0 Å². The van der Waals surface area contributed by atoms with Gasteiger partial charge in [-0.15, -0.1) is 0 Å². The van der Waals surface area contributed by atoms with Gasteiger partial charge in [0.25, 0.3) is 0 Å². The number of hydrogen-bond acceptors (Lipinski definition) is 1. The molecule has 13 aromatic rings. The van der Waals surface area contributed by atoms with E-state index in [4.69, 9.17) is 4.98 Å². The second kappa shape index (κ2) is 14.5. The van der Waals surface area contributed by atoms with Crippen LogP contribution in [-0.4, -0.2) is 14.1 Å². The maximum atomic E-state index is 5.65. The number of benzene rings is 10. The van der Waals surface area contributed by atoms with Gasteiger partial charge in [-0.05, 0) is 128 Å². The number of para-hydroxylation sites is 4. The average Bonchev–Trinajstić information content (AvgIpc) is 4.15. The first-order valence-electron chi connectivity index (χ1n) is 24.9. The van der Waals surface area contributed by atoms with Gasteiger partial charge in [-0.25, -0.2) is 0 Å². The maximum absolute atomic E-state index is 5.65. The van der Waals surface area contributed by atoms with Crippen molar-refractivity contribution >= 4 is 60.5 Å². The molecule has 0 unspecified atom stereocenters. The van der Waals surface area contributed by atoms with E-state index < -0.39 is 5.41 Å². The number of aryl methyl sites for hydroxylation is 1. The van der Waals surface area contributed by atoms with Crippen molar-refractivity contribution in [3.05, 3.63) is 264 Å². The first-order valence-corrected chi connectivity index (χ1v) is 24.9. The van der Waals surface area contributed by atoms with Crippen molar-refractivity contribution in [1.82, 2.24) is 14.1 Å². The molecule has 3 nitrogen and oxygen atoms in total. The average molecular weight is 902 g/mol. The highest BCUT2D eigenvalue weighted by Gasteiger charge is 2.51. The molecule has 3 aliphatic carbocycles. The zero-order valence-corrected chi connectivity index (χ0v) is 38.8. The molecule has 0 aliphatic heterocycles. The summed E-state index contributed by atoms with van der Waals surface area (Å²) in [6.07, 6.45) is 6.56. The molecule has 0 radical (unpaired) electrons. The van der Waals surface area contributed by atoms with E-state index in [0.29, 0.717) is 0 Å². The van der Waals surface area contributed by atoms with Crippen molar-refractivity contribution in [2.75, 3.05) is 0 Å². The third-order valence-electron chi connectivity index (χ3n) is 16.1. The predicted molar refractivity (Wildman–Crippen MR) is 295 cm³/mol. The SMILES string of the molecule is C1=Cc2c(nc(-c3ccc(-c4cc(-n5c6ccccc6c6ccccc65)cc(-n5c6ccccc6c6ccccc65)c4)cc3)c3cc4c(cc23)-c2ccccc2C42c3ccccc3-c3ccccc32)CC1.